The lowest BCUT2D eigenvalue weighted by Gasteiger charge is -2.11. The summed E-state index contributed by atoms with van der Waals surface area (Å²) in [5.41, 5.74) is 0.113. The zero-order chi connectivity index (χ0) is 31.6. The van der Waals surface area contributed by atoms with E-state index < -0.39 is 52.4 Å². The Morgan fingerprint density at radius 1 is 0.628 bits per heavy atom. The number of aliphatic hydroxyl groups is 1. The minimum atomic E-state index is -1.53. The van der Waals surface area contributed by atoms with Crippen molar-refractivity contribution in [2.75, 3.05) is 26.5 Å². The number of hydrogen-bond donors (Lipinski definition) is 1. The molecule has 2 aliphatic carbocycles. The third kappa shape index (κ3) is 5.61. The van der Waals surface area contributed by atoms with Crippen LogP contribution < -0.4 is 9.47 Å². The second-order valence-corrected chi connectivity index (χ2v) is 10.3. The number of carbonyl (C=O) groups excluding carboxylic acids is 1. The molecule has 43 heavy (non-hydrogen) atoms. The van der Waals surface area contributed by atoms with Crippen molar-refractivity contribution in [3.63, 3.8) is 0 Å². The highest BCUT2D eigenvalue weighted by Crippen LogP contribution is 2.48. The summed E-state index contributed by atoms with van der Waals surface area (Å²) in [5, 5.41) is 10.1. The average molecular weight is 621 g/mol. The van der Waals surface area contributed by atoms with Gasteiger partial charge in [0.1, 0.15) is 6.10 Å². The number of carbonyl (C=O) groups is 1. The summed E-state index contributed by atoms with van der Waals surface area (Å²) in [5.74, 6) is -7.13. The molecule has 0 amide bonds. The van der Waals surface area contributed by atoms with Crippen molar-refractivity contribution in [3.05, 3.63) is 106 Å². The van der Waals surface area contributed by atoms with Crippen LogP contribution in [0.3, 0.4) is 0 Å². The maximum atomic E-state index is 14.3. The van der Waals surface area contributed by atoms with Crippen molar-refractivity contribution in [1.29, 1.82) is 0 Å². The minimum Gasteiger partial charge on any atom is -0.491 e. The van der Waals surface area contributed by atoms with E-state index in [1.54, 1.807) is 13.8 Å². The monoisotopic (exact) mass is 620 g/mol. The fourth-order valence-corrected chi connectivity index (χ4v) is 4.95. The van der Waals surface area contributed by atoms with E-state index in [2.05, 4.69) is 13.3 Å². The highest BCUT2D eigenvalue weighted by atomic mass is 31.1. The topological polar surface area (TPSA) is 55.8 Å². The van der Waals surface area contributed by atoms with Crippen molar-refractivity contribution >= 4 is 14.4 Å². The highest BCUT2D eigenvalue weighted by molar-refractivity contribution is 7.35. The van der Waals surface area contributed by atoms with Gasteiger partial charge in [-0.2, -0.15) is 0 Å². The smallest absolute Gasteiger partial charge is 0.200 e. The van der Waals surface area contributed by atoms with Crippen LogP contribution in [-0.4, -0.2) is 37.4 Å². The highest BCUT2D eigenvalue weighted by Gasteiger charge is 2.36. The molecule has 0 saturated heterocycles. The van der Waals surface area contributed by atoms with E-state index in [4.69, 9.17) is 9.47 Å². The van der Waals surface area contributed by atoms with Crippen LogP contribution in [0.15, 0.2) is 48.5 Å². The van der Waals surface area contributed by atoms with Crippen LogP contribution in [0.1, 0.15) is 47.0 Å². The maximum absolute atomic E-state index is 14.3. The van der Waals surface area contributed by atoms with Gasteiger partial charge in [-0.3, -0.25) is 4.79 Å². The van der Waals surface area contributed by atoms with Gasteiger partial charge in [-0.15, -0.1) is 8.58 Å². The lowest BCUT2D eigenvalue weighted by atomic mass is 10.1. The molecule has 0 aromatic heterocycles. The molecule has 4 aromatic rings. The largest absolute Gasteiger partial charge is 0.491 e. The van der Waals surface area contributed by atoms with Crippen LogP contribution in [0.4, 0.5) is 26.3 Å². The first-order valence-corrected chi connectivity index (χ1v) is 15.2. The predicted octanol–water partition coefficient (Wildman–Crippen LogP) is 8.20. The van der Waals surface area contributed by atoms with Crippen molar-refractivity contribution < 1.29 is 45.7 Å². The molecule has 0 heterocycles. The van der Waals surface area contributed by atoms with E-state index in [1.165, 1.54) is 36.4 Å². The second kappa shape index (κ2) is 13.2. The molecule has 1 N–H and O–H groups in total. The lowest BCUT2D eigenvalue weighted by molar-refractivity contribution is 0.103. The molecule has 6 rings (SSSR count). The number of ketones is 1. The third-order valence-corrected chi connectivity index (χ3v) is 6.66. The number of benzene rings is 4. The fraction of sp³-hybridized carbons (Fsp3) is 0.219. The summed E-state index contributed by atoms with van der Waals surface area (Å²) < 4.78 is 92.8. The lowest BCUT2D eigenvalue weighted by Crippen LogP contribution is -2.04. The van der Waals surface area contributed by atoms with Gasteiger partial charge in [0.2, 0.25) is 0 Å². The van der Waals surface area contributed by atoms with Crippen LogP contribution in [0.5, 0.6) is 11.5 Å². The third-order valence-electron chi connectivity index (χ3n) is 6.66. The first-order chi connectivity index (χ1) is 20.5. The van der Waals surface area contributed by atoms with Gasteiger partial charge in [-0.25, -0.2) is 26.3 Å². The average Bonchev–Trinajstić information content (AvgIpc) is 3.44. The maximum Gasteiger partial charge on any atom is 0.200 e. The summed E-state index contributed by atoms with van der Waals surface area (Å²) in [6.07, 6.45) is -1.53. The Labute approximate surface area is 246 Å². The Morgan fingerprint density at radius 2 is 1.02 bits per heavy atom. The quantitative estimate of drug-likeness (QED) is 0.163. The normalized spacial score (nSPS) is 13.6. The molecule has 4 nitrogen and oxygen atoms in total. The van der Waals surface area contributed by atoms with Crippen LogP contribution in [0, 0.1) is 34.9 Å². The van der Waals surface area contributed by atoms with Gasteiger partial charge in [-0.1, -0.05) is 18.2 Å². The number of rotatable bonds is 4. The van der Waals surface area contributed by atoms with Crippen LogP contribution in [0.2, 0.25) is 0 Å². The van der Waals surface area contributed by atoms with Gasteiger partial charge < -0.3 is 14.6 Å². The summed E-state index contributed by atoms with van der Waals surface area (Å²) in [6.45, 7) is 8.19. The Bertz CT molecular complexity index is 1710. The van der Waals surface area contributed by atoms with E-state index in [1.807, 2.05) is 0 Å². The number of fused-ring (bicyclic) bond motifs is 6. The molecule has 11 heteroatoms. The zero-order valence-corrected chi connectivity index (χ0v) is 24.6. The van der Waals surface area contributed by atoms with Crippen LogP contribution >= 0.6 is 8.58 Å². The molecule has 0 saturated carbocycles. The van der Waals surface area contributed by atoms with E-state index in [0.29, 0.717) is 11.1 Å². The molecular weight excluding hydrogens is 593 g/mol. The van der Waals surface area contributed by atoms with E-state index in [9.17, 15) is 36.2 Å². The predicted molar refractivity (Wildman–Crippen MR) is 153 cm³/mol. The molecule has 0 fully saturated rings. The van der Waals surface area contributed by atoms with Gasteiger partial charge in [0, 0.05) is 11.1 Å². The van der Waals surface area contributed by atoms with Crippen LogP contribution in [-0.2, 0) is 0 Å². The summed E-state index contributed by atoms with van der Waals surface area (Å²) in [7, 11) is 1.08. The molecular formula is C32H27F6O4P. The van der Waals surface area contributed by atoms with Gasteiger partial charge in [0.25, 0.3) is 0 Å². The minimum absolute atomic E-state index is 0.0148. The van der Waals surface area contributed by atoms with Gasteiger partial charge in [-0.05, 0) is 79.8 Å². The molecule has 0 bridgehead atoms. The van der Waals surface area contributed by atoms with E-state index >= 15 is 0 Å². The first-order valence-electron chi connectivity index (χ1n) is 13.2. The standard InChI is InChI=1S/C15H11F3O2.C15H9F3O2.C2H7P/c2*1-2-20-10-6-4-8-7-3-5-9(16)13(17)11(7)15(19)12(8)14(10)18;1-3-2/h3-6,15,19H,2H2,1H3;3-6H,2H2,1H3;3H,1-2H3. The fourth-order valence-electron chi connectivity index (χ4n) is 4.95. The number of aliphatic hydroxyl groups excluding tert-OH is 1. The molecule has 0 spiro atoms. The summed E-state index contributed by atoms with van der Waals surface area (Å²) >= 11 is 0. The van der Waals surface area contributed by atoms with E-state index in [-0.39, 0.29) is 52.5 Å². The van der Waals surface area contributed by atoms with Gasteiger partial charge in [0.15, 0.2) is 52.2 Å². The number of hydrogen-bond acceptors (Lipinski definition) is 4. The second-order valence-electron chi connectivity index (χ2n) is 9.34. The van der Waals surface area contributed by atoms with Crippen molar-refractivity contribution in [1.82, 2.24) is 0 Å². The molecule has 4 aromatic carbocycles. The van der Waals surface area contributed by atoms with E-state index in [0.717, 1.165) is 20.7 Å². The van der Waals surface area contributed by atoms with Gasteiger partial charge in [0.05, 0.1) is 24.3 Å². The molecule has 0 radical (unpaired) electrons. The summed E-state index contributed by atoms with van der Waals surface area (Å²) in [4.78, 5) is 12.1. The van der Waals surface area contributed by atoms with Crippen molar-refractivity contribution in [2.24, 2.45) is 0 Å². The van der Waals surface area contributed by atoms with Crippen molar-refractivity contribution in [2.45, 2.75) is 20.0 Å². The summed E-state index contributed by atoms with van der Waals surface area (Å²) in [6, 6.07) is 10.3. The molecule has 0 aliphatic heterocycles. The Hall–Kier alpha value is -3.88. The number of ether oxygens (including phenoxy) is 2. The molecule has 1 atom stereocenters. The first kappa shape index (κ1) is 32.0. The Kier molecular flexibility index (Phi) is 9.82. The molecule has 1 unspecified atom stereocenters. The SMILES string of the molecule is CCOc1ccc2c(c1F)C(=O)c1c-2ccc(F)c1F.CCOc1ccc2c(c1F)C(O)c1c-2ccc(F)c1F.CPC. The van der Waals surface area contributed by atoms with Crippen molar-refractivity contribution in [3.8, 4) is 33.8 Å². The molecule has 226 valence electrons. The molecule has 2 aliphatic rings. The Morgan fingerprint density at radius 3 is 1.56 bits per heavy atom. The Balaban J connectivity index is 0.000000181. The van der Waals surface area contributed by atoms with Crippen LogP contribution in [0.25, 0.3) is 22.3 Å². The number of halogens is 6. The van der Waals surface area contributed by atoms with Gasteiger partial charge >= 0.3 is 0 Å². The zero-order valence-electron chi connectivity index (χ0n) is 23.6.